The van der Waals surface area contributed by atoms with Gasteiger partial charge < -0.3 is 16.2 Å². The minimum absolute atomic E-state index is 0.492. The molecule has 1 amide bonds. The molecule has 0 aromatic heterocycles. The van der Waals surface area contributed by atoms with E-state index in [4.69, 9.17) is 10.8 Å². The minimum atomic E-state index is -1.07. The number of carboxylic acid groups (broad SMARTS) is 1. The van der Waals surface area contributed by atoms with E-state index in [0.29, 0.717) is 5.56 Å². The van der Waals surface area contributed by atoms with E-state index in [-0.39, 0.29) is 0 Å². The number of hydrogen-bond donors (Lipinski definition) is 3. The van der Waals surface area contributed by atoms with Crippen LogP contribution >= 0.6 is 0 Å². The normalized spacial score (nSPS) is 14.5. The van der Waals surface area contributed by atoms with Crippen LogP contribution in [0, 0.1) is 5.41 Å². The van der Waals surface area contributed by atoms with Gasteiger partial charge in [0.1, 0.15) is 12.1 Å². The molecule has 5 nitrogen and oxygen atoms in total. The molecule has 104 valence electrons. The molecule has 0 saturated carbocycles. The van der Waals surface area contributed by atoms with E-state index in [1.54, 1.807) is 45.0 Å². The van der Waals surface area contributed by atoms with Gasteiger partial charge in [-0.3, -0.25) is 4.79 Å². The standard InChI is InChI=1S/C14H20N2O3/c1-14(2,3)11(13(18)19)16-12(17)10(15)9-7-5-4-6-8-9/h4-8,10-11H,15H2,1-3H3,(H,16,17)(H,18,19)/t10?,11-/m0/s1. The minimum Gasteiger partial charge on any atom is -0.480 e. The fraction of sp³-hybridized carbons (Fsp3) is 0.429. The number of hydrogen-bond acceptors (Lipinski definition) is 3. The first-order valence-electron chi connectivity index (χ1n) is 6.07. The van der Waals surface area contributed by atoms with Gasteiger partial charge in [0.25, 0.3) is 0 Å². The molecule has 0 fully saturated rings. The number of carboxylic acids is 1. The number of benzene rings is 1. The molecule has 0 bridgehead atoms. The Morgan fingerprint density at radius 2 is 1.74 bits per heavy atom. The van der Waals surface area contributed by atoms with Crippen LogP contribution in [-0.2, 0) is 9.59 Å². The Hall–Kier alpha value is -1.88. The summed E-state index contributed by atoms with van der Waals surface area (Å²) in [5, 5.41) is 11.6. The molecule has 4 N–H and O–H groups in total. The van der Waals surface area contributed by atoms with Crippen molar-refractivity contribution >= 4 is 11.9 Å². The predicted molar refractivity (Wildman–Crippen MR) is 72.4 cm³/mol. The van der Waals surface area contributed by atoms with Crippen molar-refractivity contribution in [2.24, 2.45) is 11.1 Å². The highest BCUT2D eigenvalue weighted by Crippen LogP contribution is 2.20. The van der Waals surface area contributed by atoms with Crippen LogP contribution in [0.4, 0.5) is 0 Å². The molecule has 0 heterocycles. The van der Waals surface area contributed by atoms with Crippen LogP contribution in [0.1, 0.15) is 32.4 Å². The lowest BCUT2D eigenvalue weighted by Gasteiger charge is -2.28. The van der Waals surface area contributed by atoms with Crippen LogP contribution in [-0.4, -0.2) is 23.0 Å². The third-order valence-electron chi connectivity index (χ3n) is 2.84. The van der Waals surface area contributed by atoms with Crippen molar-refractivity contribution in [1.29, 1.82) is 0 Å². The largest absolute Gasteiger partial charge is 0.480 e. The molecule has 0 aliphatic carbocycles. The van der Waals surface area contributed by atoms with Crippen molar-refractivity contribution in [1.82, 2.24) is 5.32 Å². The van der Waals surface area contributed by atoms with Gasteiger partial charge in [-0.2, -0.15) is 0 Å². The van der Waals surface area contributed by atoms with E-state index < -0.39 is 29.4 Å². The van der Waals surface area contributed by atoms with Gasteiger partial charge >= 0.3 is 5.97 Å². The van der Waals surface area contributed by atoms with Crippen LogP contribution in [0.5, 0.6) is 0 Å². The van der Waals surface area contributed by atoms with Crippen molar-refractivity contribution in [2.75, 3.05) is 0 Å². The average molecular weight is 264 g/mol. The fourth-order valence-corrected chi connectivity index (χ4v) is 1.69. The summed E-state index contributed by atoms with van der Waals surface area (Å²) in [6.07, 6.45) is 0. The zero-order valence-corrected chi connectivity index (χ0v) is 11.4. The molecule has 1 rings (SSSR count). The number of nitrogens with two attached hydrogens (primary N) is 1. The fourth-order valence-electron chi connectivity index (χ4n) is 1.69. The van der Waals surface area contributed by atoms with Gasteiger partial charge in [-0.25, -0.2) is 4.79 Å². The quantitative estimate of drug-likeness (QED) is 0.764. The predicted octanol–water partition coefficient (Wildman–Crippen LogP) is 1.30. The van der Waals surface area contributed by atoms with Gasteiger partial charge in [0.05, 0.1) is 0 Å². The maximum Gasteiger partial charge on any atom is 0.326 e. The molecule has 0 aliphatic rings. The lowest BCUT2D eigenvalue weighted by molar-refractivity contribution is -0.145. The molecule has 2 atom stereocenters. The van der Waals surface area contributed by atoms with Gasteiger partial charge in [0, 0.05) is 0 Å². The van der Waals surface area contributed by atoms with Crippen molar-refractivity contribution in [3.8, 4) is 0 Å². The molecule has 19 heavy (non-hydrogen) atoms. The van der Waals surface area contributed by atoms with Gasteiger partial charge in [-0.1, -0.05) is 51.1 Å². The van der Waals surface area contributed by atoms with E-state index in [1.807, 2.05) is 6.07 Å². The highest BCUT2D eigenvalue weighted by molar-refractivity contribution is 5.88. The zero-order valence-electron chi connectivity index (χ0n) is 11.4. The Kier molecular flexibility index (Phi) is 4.67. The summed E-state index contributed by atoms with van der Waals surface area (Å²) in [7, 11) is 0. The van der Waals surface area contributed by atoms with E-state index in [0.717, 1.165) is 0 Å². The number of carbonyl (C=O) groups excluding carboxylic acids is 1. The Balaban J connectivity index is 2.81. The van der Waals surface area contributed by atoms with Gasteiger partial charge in [0.15, 0.2) is 0 Å². The SMILES string of the molecule is CC(C)(C)[C@@H](NC(=O)C(N)c1ccccc1)C(=O)O. The number of amides is 1. The Bertz CT molecular complexity index is 452. The molecule has 5 heteroatoms. The Labute approximate surface area is 112 Å². The maximum absolute atomic E-state index is 12.0. The van der Waals surface area contributed by atoms with Crippen molar-refractivity contribution in [2.45, 2.75) is 32.9 Å². The lowest BCUT2D eigenvalue weighted by atomic mass is 9.86. The summed E-state index contributed by atoms with van der Waals surface area (Å²) in [6.45, 7) is 5.25. The number of aliphatic carboxylic acids is 1. The smallest absolute Gasteiger partial charge is 0.326 e. The van der Waals surface area contributed by atoms with Crippen molar-refractivity contribution in [3.05, 3.63) is 35.9 Å². The first-order chi connectivity index (χ1) is 8.73. The third-order valence-corrected chi connectivity index (χ3v) is 2.84. The summed E-state index contributed by atoms with van der Waals surface area (Å²) >= 11 is 0. The maximum atomic E-state index is 12.0. The lowest BCUT2D eigenvalue weighted by Crippen LogP contribution is -2.51. The molecule has 1 aromatic rings. The Morgan fingerprint density at radius 3 is 2.16 bits per heavy atom. The molecule has 0 radical (unpaired) electrons. The summed E-state index contributed by atoms with van der Waals surface area (Å²) in [4.78, 5) is 23.2. The average Bonchev–Trinajstić information content (AvgIpc) is 2.34. The summed E-state index contributed by atoms with van der Waals surface area (Å²) in [6, 6.07) is 7.00. The molecule has 0 aliphatic heterocycles. The number of nitrogens with one attached hydrogen (secondary N) is 1. The van der Waals surface area contributed by atoms with Crippen LogP contribution in [0.2, 0.25) is 0 Å². The molecule has 0 spiro atoms. The molecular weight excluding hydrogens is 244 g/mol. The second-order valence-electron chi connectivity index (χ2n) is 5.53. The zero-order chi connectivity index (χ0) is 14.6. The molecular formula is C14H20N2O3. The van der Waals surface area contributed by atoms with E-state index in [9.17, 15) is 9.59 Å². The monoisotopic (exact) mass is 264 g/mol. The van der Waals surface area contributed by atoms with Gasteiger partial charge in [-0.15, -0.1) is 0 Å². The van der Waals surface area contributed by atoms with E-state index in [1.165, 1.54) is 0 Å². The van der Waals surface area contributed by atoms with Crippen LogP contribution in [0.15, 0.2) is 30.3 Å². The van der Waals surface area contributed by atoms with Crippen LogP contribution in [0.3, 0.4) is 0 Å². The highest BCUT2D eigenvalue weighted by Gasteiger charge is 2.33. The second-order valence-corrected chi connectivity index (χ2v) is 5.53. The van der Waals surface area contributed by atoms with Crippen molar-refractivity contribution < 1.29 is 14.7 Å². The summed E-state index contributed by atoms with van der Waals surface area (Å²) < 4.78 is 0. The topological polar surface area (TPSA) is 92.4 Å². The first kappa shape index (κ1) is 15.2. The Morgan fingerprint density at radius 1 is 1.21 bits per heavy atom. The van der Waals surface area contributed by atoms with Crippen molar-refractivity contribution in [3.63, 3.8) is 0 Å². The first-order valence-corrected chi connectivity index (χ1v) is 6.07. The third kappa shape index (κ3) is 4.06. The van der Waals surface area contributed by atoms with Crippen LogP contribution < -0.4 is 11.1 Å². The summed E-state index contributed by atoms with van der Waals surface area (Å²) in [5.74, 6) is -1.56. The van der Waals surface area contributed by atoms with E-state index >= 15 is 0 Å². The number of rotatable bonds is 4. The molecule has 0 saturated heterocycles. The number of carbonyl (C=O) groups is 2. The van der Waals surface area contributed by atoms with Gasteiger partial charge in [0.2, 0.25) is 5.91 Å². The molecule has 1 aromatic carbocycles. The van der Waals surface area contributed by atoms with Crippen LogP contribution in [0.25, 0.3) is 0 Å². The highest BCUT2D eigenvalue weighted by atomic mass is 16.4. The van der Waals surface area contributed by atoms with E-state index in [2.05, 4.69) is 5.32 Å². The summed E-state index contributed by atoms with van der Waals surface area (Å²) in [5.41, 5.74) is 5.89. The second kappa shape index (κ2) is 5.84. The van der Waals surface area contributed by atoms with Gasteiger partial charge in [-0.05, 0) is 11.0 Å². The molecule has 1 unspecified atom stereocenters.